The van der Waals surface area contributed by atoms with Gasteiger partial charge >= 0.3 is 6.09 Å². The largest absolute Gasteiger partial charge is 0.442 e. The molecule has 2 saturated heterocycles. The van der Waals surface area contributed by atoms with Crippen LogP contribution in [-0.2, 0) is 9.53 Å². The number of anilines is 1. The Kier molecular flexibility index (Phi) is 6.89. The third kappa shape index (κ3) is 5.37. The maximum Gasteiger partial charge on any atom is 0.414 e. The van der Waals surface area contributed by atoms with E-state index in [9.17, 15) is 14.0 Å². The summed E-state index contributed by atoms with van der Waals surface area (Å²) in [5.74, 6) is 1.48. The van der Waals surface area contributed by atoms with Crippen LogP contribution in [0.25, 0.3) is 11.1 Å². The monoisotopic (exact) mass is 457 g/mol. The Morgan fingerprint density at radius 3 is 2.84 bits per heavy atom. The van der Waals surface area contributed by atoms with E-state index in [1.54, 1.807) is 36.7 Å². The Labute approximate surface area is 189 Å². The minimum absolute atomic E-state index is 0.202. The number of hydrogen-bond acceptors (Lipinski definition) is 7. The van der Waals surface area contributed by atoms with Crippen molar-refractivity contribution < 1.29 is 18.7 Å². The number of halogens is 1. The van der Waals surface area contributed by atoms with Crippen LogP contribution in [0.2, 0.25) is 0 Å². The van der Waals surface area contributed by atoms with Crippen molar-refractivity contribution in [3.05, 3.63) is 48.0 Å². The van der Waals surface area contributed by atoms with E-state index in [0.29, 0.717) is 22.5 Å². The van der Waals surface area contributed by atoms with Crippen LogP contribution in [0, 0.1) is 5.82 Å². The molecule has 0 saturated carbocycles. The standard InChI is InChI=1S/C22H24FN5O3S/c1-15(29)24-13-19-14-28(22(30)31-19)18-4-5-20(21(23)10-18)16-2-3-17(25-11-16)12-26-27-6-8-32-9-7-27/h2-5,10-12,19H,6-9,13-14H2,1H3,(H,24,29)/b26-12+/t19-/m0/s1. The molecule has 1 aromatic heterocycles. The molecule has 32 heavy (non-hydrogen) atoms. The van der Waals surface area contributed by atoms with Gasteiger partial charge in [0.25, 0.3) is 0 Å². The second-order valence-electron chi connectivity index (χ2n) is 7.50. The van der Waals surface area contributed by atoms with Gasteiger partial charge in [-0.1, -0.05) is 6.07 Å². The van der Waals surface area contributed by atoms with Crippen molar-refractivity contribution in [3.63, 3.8) is 0 Å². The van der Waals surface area contributed by atoms with Gasteiger partial charge in [-0.15, -0.1) is 0 Å². The molecule has 0 bridgehead atoms. The number of ether oxygens (including phenoxy) is 1. The van der Waals surface area contributed by atoms with E-state index in [4.69, 9.17) is 4.74 Å². The van der Waals surface area contributed by atoms with Gasteiger partial charge in [0.2, 0.25) is 5.91 Å². The number of carbonyl (C=O) groups excluding carboxylic acids is 2. The van der Waals surface area contributed by atoms with Crippen LogP contribution in [-0.4, -0.2) is 72.0 Å². The third-order valence-electron chi connectivity index (χ3n) is 5.16. The highest BCUT2D eigenvalue weighted by molar-refractivity contribution is 7.99. The van der Waals surface area contributed by atoms with Gasteiger partial charge in [0.15, 0.2) is 0 Å². The summed E-state index contributed by atoms with van der Waals surface area (Å²) in [6.07, 6.45) is 2.29. The molecule has 2 aliphatic heterocycles. The first-order valence-corrected chi connectivity index (χ1v) is 11.5. The molecular formula is C22H24FN5O3S. The number of cyclic esters (lactones) is 1. The molecule has 1 aromatic carbocycles. The number of nitrogens with one attached hydrogen (secondary N) is 1. The Morgan fingerprint density at radius 1 is 1.34 bits per heavy atom. The zero-order valence-corrected chi connectivity index (χ0v) is 18.5. The number of benzene rings is 1. The van der Waals surface area contributed by atoms with Crippen LogP contribution < -0.4 is 10.2 Å². The van der Waals surface area contributed by atoms with Gasteiger partial charge in [-0.05, 0) is 24.3 Å². The fourth-order valence-corrected chi connectivity index (χ4v) is 4.34. The molecule has 1 N–H and O–H groups in total. The van der Waals surface area contributed by atoms with Crippen molar-refractivity contribution in [2.45, 2.75) is 13.0 Å². The normalized spacial score (nSPS) is 18.8. The summed E-state index contributed by atoms with van der Waals surface area (Å²) >= 11 is 1.92. The highest BCUT2D eigenvalue weighted by atomic mass is 32.2. The molecule has 2 fully saturated rings. The molecule has 2 amide bonds. The Bertz CT molecular complexity index is 1010. The van der Waals surface area contributed by atoms with Crippen molar-refractivity contribution in [1.29, 1.82) is 0 Å². The smallest absolute Gasteiger partial charge is 0.414 e. The average Bonchev–Trinajstić information content (AvgIpc) is 3.18. The van der Waals surface area contributed by atoms with Crippen LogP contribution >= 0.6 is 11.8 Å². The van der Waals surface area contributed by atoms with E-state index in [1.165, 1.54) is 17.9 Å². The molecule has 1 atom stereocenters. The van der Waals surface area contributed by atoms with E-state index < -0.39 is 18.0 Å². The van der Waals surface area contributed by atoms with Crippen molar-refractivity contribution in [2.24, 2.45) is 5.10 Å². The fraction of sp³-hybridized carbons (Fsp3) is 0.364. The Balaban J connectivity index is 1.42. The molecule has 8 nitrogen and oxygen atoms in total. The molecule has 2 aromatic rings. The maximum atomic E-state index is 14.9. The molecular weight excluding hydrogens is 433 g/mol. The molecule has 10 heteroatoms. The van der Waals surface area contributed by atoms with E-state index in [2.05, 4.69) is 15.4 Å². The second-order valence-corrected chi connectivity index (χ2v) is 8.72. The van der Waals surface area contributed by atoms with E-state index in [-0.39, 0.29) is 19.0 Å². The summed E-state index contributed by atoms with van der Waals surface area (Å²) in [6, 6.07) is 8.20. The predicted octanol–water partition coefficient (Wildman–Crippen LogP) is 2.73. The first-order valence-electron chi connectivity index (χ1n) is 10.3. The predicted molar refractivity (Wildman–Crippen MR) is 122 cm³/mol. The number of pyridine rings is 1. The van der Waals surface area contributed by atoms with Crippen LogP contribution in [0.5, 0.6) is 0 Å². The topological polar surface area (TPSA) is 87.1 Å². The molecule has 0 spiro atoms. The van der Waals surface area contributed by atoms with Crippen LogP contribution in [0.1, 0.15) is 12.6 Å². The molecule has 0 radical (unpaired) electrons. The number of rotatable bonds is 6. The summed E-state index contributed by atoms with van der Waals surface area (Å²) in [6.45, 7) is 3.70. The maximum absolute atomic E-state index is 14.9. The summed E-state index contributed by atoms with van der Waals surface area (Å²) in [5, 5.41) is 9.09. The number of hydrazone groups is 1. The third-order valence-corrected chi connectivity index (χ3v) is 6.10. The highest BCUT2D eigenvalue weighted by Crippen LogP contribution is 2.28. The van der Waals surface area contributed by atoms with Gasteiger partial charge in [0.05, 0.1) is 30.7 Å². The van der Waals surface area contributed by atoms with Gasteiger partial charge < -0.3 is 10.1 Å². The minimum Gasteiger partial charge on any atom is -0.442 e. The van der Waals surface area contributed by atoms with E-state index in [0.717, 1.165) is 24.6 Å². The van der Waals surface area contributed by atoms with Crippen LogP contribution in [0.3, 0.4) is 0 Å². The van der Waals surface area contributed by atoms with Gasteiger partial charge in [0.1, 0.15) is 11.9 Å². The summed E-state index contributed by atoms with van der Waals surface area (Å²) < 4.78 is 20.1. The average molecular weight is 458 g/mol. The first-order chi connectivity index (χ1) is 15.5. The van der Waals surface area contributed by atoms with Crippen LogP contribution in [0.4, 0.5) is 14.9 Å². The van der Waals surface area contributed by atoms with Gasteiger partial charge in [-0.3, -0.25) is 19.7 Å². The number of aromatic nitrogens is 1. The summed E-state index contributed by atoms with van der Waals surface area (Å²) in [4.78, 5) is 28.9. The lowest BCUT2D eigenvalue weighted by atomic mass is 10.1. The lowest BCUT2D eigenvalue weighted by Gasteiger charge is -2.22. The number of carbonyl (C=O) groups is 2. The van der Waals surface area contributed by atoms with Crippen molar-refractivity contribution in [2.75, 3.05) is 42.6 Å². The lowest BCUT2D eigenvalue weighted by Crippen LogP contribution is -2.33. The van der Waals surface area contributed by atoms with Crippen LogP contribution in [0.15, 0.2) is 41.6 Å². The number of amides is 2. The fourth-order valence-electron chi connectivity index (χ4n) is 3.45. The molecule has 2 aliphatic rings. The zero-order valence-electron chi connectivity index (χ0n) is 17.7. The highest BCUT2D eigenvalue weighted by Gasteiger charge is 2.32. The Hall–Kier alpha value is -3.14. The van der Waals surface area contributed by atoms with Crippen molar-refractivity contribution in [3.8, 4) is 11.1 Å². The first kappa shape index (κ1) is 22.1. The van der Waals surface area contributed by atoms with Gasteiger partial charge in [0, 0.05) is 48.8 Å². The number of hydrogen-bond donors (Lipinski definition) is 1. The molecule has 3 heterocycles. The minimum atomic E-state index is -0.565. The second kappa shape index (κ2) is 9.99. The molecule has 4 rings (SSSR count). The number of thioether (sulfide) groups is 1. The van der Waals surface area contributed by atoms with Gasteiger partial charge in [-0.25, -0.2) is 9.18 Å². The quantitative estimate of drug-likeness (QED) is 0.672. The van der Waals surface area contributed by atoms with E-state index in [1.807, 2.05) is 16.8 Å². The summed E-state index contributed by atoms with van der Waals surface area (Å²) in [7, 11) is 0. The molecule has 168 valence electrons. The van der Waals surface area contributed by atoms with Crippen molar-refractivity contribution >= 4 is 35.7 Å². The molecule has 0 unspecified atom stereocenters. The molecule has 0 aliphatic carbocycles. The number of nitrogens with zero attached hydrogens (tertiary/aromatic N) is 4. The van der Waals surface area contributed by atoms with Crippen molar-refractivity contribution in [1.82, 2.24) is 15.3 Å². The van der Waals surface area contributed by atoms with Gasteiger partial charge in [-0.2, -0.15) is 16.9 Å². The SMILES string of the molecule is CC(=O)NC[C@H]1CN(c2ccc(-c3ccc(/C=N/N4CCSCC4)nc3)c(F)c2)C(=O)O1. The van der Waals surface area contributed by atoms with E-state index >= 15 is 0 Å². The Morgan fingerprint density at radius 2 is 2.16 bits per heavy atom. The summed E-state index contributed by atoms with van der Waals surface area (Å²) in [5.41, 5.74) is 2.13. The lowest BCUT2D eigenvalue weighted by molar-refractivity contribution is -0.119. The zero-order chi connectivity index (χ0) is 22.5.